The van der Waals surface area contributed by atoms with Gasteiger partial charge >= 0.3 is 0 Å². The first-order valence-corrected chi connectivity index (χ1v) is 11.5. The molecule has 5 rings (SSSR count). The number of benzene rings is 3. The van der Waals surface area contributed by atoms with Gasteiger partial charge in [-0.3, -0.25) is 14.9 Å². The number of nitrogens with one attached hydrogen (secondary N) is 1. The number of thiazole rings is 1. The number of nitro groups is 1. The van der Waals surface area contributed by atoms with Gasteiger partial charge in [0.2, 0.25) is 0 Å². The van der Waals surface area contributed by atoms with Crippen LogP contribution in [0.2, 0.25) is 0 Å². The molecule has 9 heteroatoms. The third-order valence-electron chi connectivity index (χ3n) is 5.61. The van der Waals surface area contributed by atoms with Gasteiger partial charge in [-0.2, -0.15) is 0 Å². The number of hydrogen-bond acceptors (Lipinski definition) is 6. The van der Waals surface area contributed by atoms with Crippen LogP contribution in [0.15, 0.2) is 83.2 Å². The molecule has 1 aliphatic rings. The fourth-order valence-corrected chi connectivity index (χ4v) is 4.91. The summed E-state index contributed by atoms with van der Waals surface area (Å²) in [5.74, 6) is 0.415. The molecular formula is C25H20N4O4S. The summed E-state index contributed by atoms with van der Waals surface area (Å²) in [4.78, 5) is 28.3. The fourth-order valence-electron chi connectivity index (χ4n) is 3.93. The number of rotatable bonds is 5. The van der Waals surface area contributed by atoms with Crippen molar-refractivity contribution in [1.82, 2.24) is 4.57 Å². The molecule has 1 aromatic heterocycles. The normalized spacial score (nSPS) is 14.1. The quantitative estimate of drug-likeness (QED) is 0.315. The van der Waals surface area contributed by atoms with Gasteiger partial charge in [0.1, 0.15) is 11.4 Å². The molecule has 34 heavy (non-hydrogen) atoms. The second-order valence-electron chi connectivity index (χ2n) is 7.77. The predicted molar refractivity (Wildman–Crippen MR) is 130 cm³/mol. The van der Waals surface area contributed by atoms with Crippen molar-refractivity contribution < 1.29 is 14.5 Å². The summed E-state index contributed by atoms with van der Waals surface area (Å²) in [5.41, 5.74) is 3.66. The summed E-state index contributed by atoms with van der Waals surface area (Å²) in [6.07, 6.45) is 0. The highest BCUT2D eigenvalue weighted by atomic mass is 32.1. The van der Waals surface area contributed by atoms with Crippen LogP contribution in [0.3, 0.4) is 0 Å². The van der Waals surface area contributed by atoms with Gasteiger partial charge < -0.3 is 14.6 Å². The average molecular weight is 473 g/mol. The van der Waals surface area contributed by atoms with Gasteiger partial charge in [0, 0.05) is 17.0 Å². The number of carbonyl (C=O) groups is 1. The summed E-state index contributed by atoms with van der Waals surface area (Å²) in [5, 5.41) is 16.4. The molecule has 0 aliphatic carbocycles. The lowest BCUT2D eigenvalue weighted by Crippen LogP contribution is -2.25. The Hall–Kier alpha value is -4.24. The molecule has 1 atom stereocenters. The topological polar surface area (TPSA) is 98.8 Å². The average Bonchev–Trinajstić information content (AvgIpc) is 3.27. The van der Waals surface area contributed by atoms with E-state index in [0.29, 0.717) is 21.9 Å². The monoisotopic (exact) mass is 472 g/mol. The largest absolute Gasteiger partial charge is 0.482 e. The molecule has 2 heterocycles. The number of hydrogen-bond donors (Lipinski definition) is 1. The Labute approximate surface area is 198 Å². The minimum absolute atomic E-state index is 0.00524. The van der Waals surface area contributed by atoms with Crippen molar-refractivity contribution >= 4 is 34.3 Å². The number of aromatic nitrogens is 1. The van der Waals surface area contributed by atoms with Crippen LogP contribution in [-0.2, 0) is 4.79 Å². The molecule has 8 nitrogen and oxygen atoms in total. The minimum Gasteiger partial charge on any atom is -0.482 e. The summed E-state index contributed by atoms with van der Waals surface area (Å²) >= 11 is 1.40. The smallest absolute Gasteiger partial charge is 0.294 e. The Bertz CT molecular complexity index is 1460. The van der Waals surface area contributed by atoms with Gasteiger partial charge in [-0.1, -0.05) is 42.5 Å². The molecule has 0 radical (unpaired) electrons. The van der Waals surface area contributed by atoms with E-state index >= 15 is 0 Å². The molecule has 0 saturated carbocycles. The molecule has 1 N–H and O–H groups in total. The second kappa shape index (κ2) is 8.95. The highest BCUT2D eigenvalue weighted by molar-refractivity contribution is 7.07. The summed E-state index contributed by atoms with van der Waals surface area (Å²) in [6, 6.07) is 22.0. The van der Waals surface area contributed by atoms with Crippen molar-refractivity contribution in [2.45, 2.75) is 13.0 Å². The Morgan fingerprint density at radius 3 is 2.68 bits per heavy atom. The Morgan fingerprint density at radius 1 is 1.12 bits per heavy atom. The van der Waals surface area contributed by atoms with E-state index in [-0.39, 0.29) is 24.2 Å². The number of para-hydroxylation sites is 2. The number of amides is 1. The van der Waals surface area contributed by atoms with Crippen LogP contribution in [0.4, 0.5) is 17.1 Å². The summed E-state index contributed by atoms with van der Waals surface area (Å²) in [7, 11) is 0. The zero-order valence-corrected chi connectivity index (χ0v) is 19.0. The lowest BCUT2D eigenvalue weighted by molar-refractivity contribution is -0.384. The van der Waals surface area contributed by atoms with Crippen molar-refractivity contribution in [3.05, 3.63) is 98.7 Å². The number of nitrogens with zero attached hydrogens (tertiary/aromatic N) is 3. The SMILES string of the molecule is CC(c1ccccc1)n1c(-c2ccc3c(c2)NC(=O)CO3)csc1=Nc1ccccc1[N+](=O)[O-]. The number of carbonyl (C=O) groups excluding carboxylic acids is 1. The van der Waals surface area contributed by atoms with Gasteiger partial charge in [-0.15, -0.1) is 11.3 Å². The zero-order valence-electron chi connectivity index (χ0n) is 18.2. The van der Waals surface area contributed by atoms with Crippen molar-refractivity contribution in [1.29, 1.82) is 0 Å². The molecule has 3 aromatic carbocycles. The molecule has 0 spiro atoms. The van der Waals surface area contributed by atoms with E-state index in [0.717, 1.165) is 16.8 Å². The number of fused-ring (bicyclic) bond motifs is 1. The maximum absolute atomic E-state index is 11.8. The first-order chi connectivity index (χ1) is 16.5. The standard InChI is InChI=1S/C25H20N4O4S/c1-16(17-7-3-2-4-8-17)28-22(18-11-12-23-20(13-18)26-24(30)14-33-23)15-34-25(28)27-19-9-5-6-10-21(19)29(31)32/h2-13,15-16H,14H2,1H3,(H,26,30). The van der Waals surface area contributed by atoms with Gasteiger partial charge in [0.15, 0.2) is 11.4 Å². The minimum atomic E-state index is -0.426. The number of ether oxygens (including phenoxy) is 1. The van der Waals surface area contributed by atoms with E-state index in [4.69, 9.17) is 9.73 Å². The molecule has 0 bridgehead atoms. The molecule has 4 aromatic rings. The highest BCUT2D eigenvalue weighted by Crippen LogP contribution is 2.35. The molecule has 0 fully saturated rings. The van der Waals surface area contributed by atoms with Crippen LogP contribution < -0.4 is 14.9 Å². The van der Waals surface area contributed by atoms with E-state index in [9.17, 15) is 14.9 Å². The van der Waals surface area contributed by atoms with E-state index < -0.39 is 4.92 Å². The van der Waals surface area contributed by atoms with E-state index in [1.165, 1.54) is 17.4 Å². The number of anilines is 1. The maximum atomic E-state index is 11.8. The zero-order chi connectivity index (χ0) is 23.7. The van der Waals surface area contributed by atoms with Crippen molar-refractivity contribution in [2.75, 3.05) is 11.9 Å². The first kappa shape index (κ1) is 21.6. The second-order valence-corrected chi connectivity index (χ2v) is 8.60. The molecule has 1 aliphatic heterocycles. The van der Waals surface area contributed by atoms with E-state index in [1.54, 1.807) is 18.2 Å². The van der Waals surface area contributed by atoms with Crippen LogP contribution in [0.5, 0.6) is 5.75 Å². The third kappa shape index (κ3) is 4.08. The van der Waals surface area contributed by atoms with E-state index in [2.05, 4.69) is 16.8 Å². The molecule has 0 saturated heterocycles. The van der Waals surface area contributed by atoms with Crippen molar-refractivity contribution in [3.8, 4) is 17.0 Å². The van der Waals surface area contributed by atoms with Crippen LogP contribution in [0, 0.1) is 10.1 Å². The van der Waals surface area contributed by atoms with Crippen LogP contribution in [-0.4, -0.2) is 22.0 Å². The third-order valence-corrected chi connectivity index (χ3v) is 6.45. The molecule has 1 amide bonds. The van der Waals surface area contributed by atoms with Gasteiger partial charge in [-0.25, -0.2) is 4.99 Å². The summed E-state index contributed by atoms with van der Waals surface area (Å²) < 4.78 is 7.55. The van der Waals surface area contributed by atoms with Gasteiger partial charge in [0.05, 0.1) is 22.3 Å². The van der Waals surface area contributed by atoms with E-state index in [1.807, 2.05) is 53.9 Å². The number of nitro benzene ring substituents is 1. The lowest BCUT2D eigenvalue weighted by Gasteiger charge is -2.21. The molecular weight excluding hydrogens is 452 g/mol. The Kier molecular flexibility index (Phi) is 5.69. The van der Waals surface area contributed by atoms with Crippen LogP contribution in [0.1, 0.15) is 18.5 Å². The van der Waals surface area contributed by atoms with Crippen LogP contribution >= 0.6 is 11.3 Å². The Morgan fingerprint density at radius 2 is 1.88 bits per heavy atom. The van der Waals surface area contributed by atoms with Gasteiger partial charge in [0.25, 0.3) is 11.6 Å². The highest BCUT2D eigenvalue weighted by Gasteiger charge is 2.21. The summed E-state index contributed by atoms with van der Waals surface area (Å²) in [6.45, 7) is 2.06. The first-order valence-electron chi connectivity index (χ1n) is 10.6. The molecule has 170 valence electrons. The fraction of sp³-hybridized carbons (Fsp3) is 0.120. The van der Waals surface area contributed by atoms with Crippen molar-refractivity contribution in [2.24, 2.45) is 4.99 Å². The molecule has 1 unspecified atom stereocenters. The predicted octanol–water partition coefficient (Wildman–Crippen LogP) is 5.30. The van der Waals surface area contributed by atoms with Gasteiger partial charge in [-0.05, 0) is 36.8 Å². The van der Waals surface area contributed by atoms with Crippen molar-refractivity contribution in [3.63, 3.8) is 0 Å². The lowest BCUT2D eigenvalue weighted by atomic mass is 10.1. The Balaban J connectivity index is 1.70. The maximum Gasteiger partial charge on any atom is 0.294 e. The van der Waals surface area contributed by atoms with Crippen LogP contribution in [0.25, 0.3) is 11.3 Å².